The van der Waals surface area contributed by atoms with Crippen LogP contribution in [-0.4, -0.2) is 34.5 Å². The first kappa shape index (κ1) is 14.2. The highest BCUT2D eigenvalue weighted by Gasteiger charge is 2.21. The summed E-state index contributed by atoms with van der Waals surface area (Å²) in [6, 6.07) is 6.34. The van der Waals surface area contributed by atoms with Gasteiger partial charge >= 0.3 is 0 Å². The lowest BCUT2D eigenvalue weighted by atomic mass is 9.94. The van der Waals surface area contributed by atoms with Crippen LogP contribution in [0.15, 0.2) is 18.2 Å². The molecule has 2 unspecified atom stereocenters. The van der Waals surface area contributed by atoms with Crippen molar-refractivity contribution in [3.05, 3.63) is 23.8 Å². The average molecular weight is 265 g/mol. The van der Waals surface area contributed by atoms with Crippen molar-refractivity contribution < 1.29 is 14.2 Å². The Morgan fingerprint density at radius 2 is 1.95 bits per heavy atom. The number of hydrogen-bond donors (Lipinski definition) is 1. The van der Waals surface area contributed by atoms with Gasteiger partial charge in [0.15, 0.2) is 0 Å². The molecule has 4 nitrogen and oxygen atoms in total. The van der Waals surface area contributed by atoms with Crippen molar-refractivity contribution in [3.8, 4) is 11.5 Å². The molecule has 1 fully saturated rings. The molecular formula is C15H23NO3. The molecule has 1 heterocycles. The maximum absolute atomic E-state index is 5.45. The summed E-state index contributed by atoms with van der Waals surface area (Å²) in [5, 5.41) is 3.38. The summed E-state index contributed by atoms with van der Waals surface area (Å²) in [6.45, 7) is 1.77. The number of hydrogen-bond acceptors (Lipinski definition) is 4. The van der Waals surface area contributed by atoms with Crippen molar-refractivity contribution in [2.24, 2.45) is 5.92 Å². The van der Waals surface area contributed by atoms with E-state index in [0.717, 1.165) is 37.6 Å². The molecule has 1 aromatic rings. The predicted molar refractivity (Wildman–Crippen MR) is 74.9 cm³/mol. The van der Waals surface area contributed by atoms with E-state index in [1.165, 1.54) is 5.56 Å². The molecule has 0 amide bonds. The van der Waals surface area contributed by atoms with E-state index in [0.29, 0.717) is 12.0 Å². The van der Waals surface area contributed by atoms with Crippen molar-refractivity contribution in [3.63, 3.8) is 0 Å². The number of benzene rings is 1. The third-order valence-corrected chi connectivity index (χ3v) is 3.72. The second kappa shape index (κ2) is 6.78. The van der Waals surface area contributed by atoms with E-state index < -0.39 is 0 Å². The van der Waals surface area contributed by atoms with Gasteiger partial charge in [-0.15, -0.1) is 0 Å². The van der Waals surface area contributed by atoms with Gasteiger partial charge < -0.3 is 19.5 Å². The SMILES string of the molecule is CNC(CC1CCOC1)c1cc(OC)cc(OC)c1. The molecule has 1 aliphatic heterocycles. The maximum Gasteiger partial charge on any atom is 0.122 e. The highest BCUT2D eigenvalue weighted by molar-refractivity contribution is 5.39. The van der Waals surface area contributed by atoms with E-state index in [9.17, 15) is 0 Å². The molecule has 1 aromatic carbocycles. The van der Waals surface area contributed by atoms with Crippen LogP contribution < -0.4 is 14.8 Å². The molecule has 0 aliphatic carbocycles. The highest BCUT2D eigenvalue weighted by atomic mass is 16.5. The van der Waals surface area contributed by atoms with Crippen molar-refractivity contribution in [1.82, 2.24) is 5.32 Å². The van der Waals surface area contributed by atoms with Gasteiger partial charge in [-0.3, -0.25) is 0 Å². The Labute approximate surface area is 115 Å². The number of rotatable bonds is 6. The van der Waals surface area contributed by atoms with E-state index >= 15 is 0 Å². The fourth-order valence-corrected chi connectivity index (χ4v) is 2.55. The quantitative estimate of drug-likeness (QED) is 0.857. The summed E-state index contributed by atoms with van der Waals surface area (Å²) in [5.74, 6) is 2.30. The van der Waals surface area contributed by atoms with Crippen LogP contribution in [0.5, 0.6) is 11.5 Å². The van der Waals surface area contributed by atoms with Gasteiger partial charge in [0.05, 0.1) is 14.2 Å². The van der Waals surface area contributed by atoms with Crippen LogP contribution in [0.25, 0.3) is 0 Å². The zero-order valence-electron chi connectivity index (χ0n) is 11.9. The Kier molecular flexibility index (Phi) is 5.05. The minimum absolute atomic E-state index is 0.302. The van der Waals surface area contributed by atoms with Crippen molar-refractivity contribution in [2.75, 3.05) is 34.5 Å². The standard InChI is InChI=1S/C15H23NO3/c1-16-15(6-11-4-5-19-10-11)12-7-13(17-2)9-14(8-12)18-3/h7-9,11,15-16H,4-6,10H2,1-3H3. The van der Waals surface area contributed by atoms with Crippen molar-refractivity contribution in [1.29, 1.82) is 0 Å². The molecule has 0 radical (unpaired) electrons. The van der Waals surface area contributed by atoms with Crippen LogP contribution in [0.4, 0.5) is 0 Å². The van der Waals surface area contributed by atoms with Gasteiger partial charge in [0, 0.05) is 25.3 Å². The van der Waals surface area contributed by atoms with Crippen LogP contribution in [0.2, 0.25) is 0 Å². The lowest BCUT2D eigenvalue weighted by molar-refractivity contribution is 0.181. The first-order valence-electron chi connectivity index (χ1n) is 6.74. The Bertz CT molecular complexity index is 380. The van der Waals surface area contributed by atoms with E-state index in [4.69, 9.17) is 14.2 Å². The third-order valence-electron chi connectivity index (χ3n) is 3.72. The van der Waals surface area contributed by atoms with Gasteiger partial charge in [-0.25, -0.2) is 0 Å². The van der Waals surface area contributed by atoms with Gasteiger partial charge in [-0.05, 0) is 43.5 Å². The molecule has 2 rings (SSSR count). The van der Waals surface area contributed by atoms with E-state index in [-0.39, 0.29) is 0 Å². The summed E-state index contributed by atoms with van der Waals surface area (Å²) in [5.41, 5.74) is 1.20. The zero-order chi connectivity index (χ0) is 13.7. The Morgan fingerprint density at radius 1 is 1.26 bits per heavy atom. The second-order valence-corrected chi connectivity index (χ2v) is 4.95. The molecule has 0 aromatic heterocycles. The lowest BCUT2D eigenvalue weighted by Gasteiger charge is -2.21. The van der Waals surface area contributed by atoms with Crippen molar-refractivity contribution in [2.45, 2.75) is 18.9 Å². The van der Waals surface area contributed by atoms with Crippen LogP contribution in [0.3, 0.4) is 0 Å². The molecule has 19 heavy (non-hydrogen) atoms. The summed E-state index contributed by atoms with van der Waals surface area (Å²) in [6.07, 6.45) is 2.23. The topological polar surface area (TPSA) is 39.7 Å². The number of ether oxygens (including phenoxy) is 3. The normalized spacial score (nSPS) is 20.3. The molecule has 4 heteroatoms. The van der Waals surface area contributed by atoms with Gasteiger partial charge in [-0.2, -0.15) is 0 Å². The van der Waals surface area contributed by atoms with E-state index in [1.807, 2.05) is 13.1 Å². The van der Waals surface area contributed by atoms with Crippen LogP contribution in [0.1, 0.15) is 24.4 Å². The summed E-state index contributed by atoms with van der Waals surface area (Å²) < 4.78 is 16.1. The Morgan fingerprint density at radius 3 is 2.42 bits per heavy atom. The second-order valence-electron chi connectivity index (χ2n) is 4.95. The summed E-state index contributed by atoms with van der Waals surface area (Å²) in [7, 11) is 5.35. The molecular weight excluding hydrogens is 242 g/mol. The zero-order valence-corrected chi connectivity index (χ0v) is 11.9. The molecule has 0 saturated carbocycles. The van der Waals surface area contributed by atoms with Gasteiger partial charge in [0.2, 0.25) is 0 Å². The van der Waals surface area contributed by atoms with Crippen LogP contribution in [-0.2, 0) is 4.74 Å². The largest absolute Gasteiger partial charge is 0.497 e. The first-order valence-corrected chi connectivity index (χ1v) is 6.74. The smallest absolute Gasteiger partial charge is 0.122 e. The Balaban J connectivity index is 2.15. The molecule has 2 atom stereocenters. The van der Waals surface area contributed by atoms with E-state index in [2.05, 4.69) is 17.4 Å². The maximum atomic E-state index is 5.45. The number of methoxy groups -OCH3 is 2. The molecule has 1 saturated heterocycles. The monoisotopic (exact) mass is 265 g/mol. The van der Waals surface area contributed by atoms with Gasteiger partial charge in [-0.1, -0.05) is 0 Å². The van der Waals surface area contributed by atoms with Gasteiger partial charge in [0.1, 0.15) is 11.5 Å². The molecule has 0 spiro atoms. The fraction of sp³-hybridized carbons (Fsp3) is 0.600. The Hall–Kier alpha value is -1.26. The lowest BCUT2D eigenvalue weighted by Crippen LogP contribution is -2.20. The molecule has 1 N–H and O–H groups in total. The predicted octanol–water partition coefficient (Wildman–Crippen LogP) is 2.39. The fourth-order valence-electron chi connectivity index (χ4n) is 2.55. The van der Waals surface area contributed by atoms with E-state index in [1.54, 1.807) is 14.2 Å². The van der Waals surface area contributed by atoms with Crippen molar-refractivity contribution >= 4 is 0 Å². The molecule has 0 bridgehead atoms. The number of nitrogens with one attached hydrogen (secondary N) is 1. The minimum atomic E-state index is 0.302. The highest BCUT2D eigenvalue weighted by Crippen LogP contribution is 2.31. The first-order chi connectivity index (χ1) is 9.26. The summed E-state index contributed by atoms with van der Waals surface area (Å²) >= 11 is 0. The molecule has 1 aliphatic rings. The van der Waals surface area contributed by atoms with Crippen LogP contribution >= 0.6 is 0 Å². The molecule has 106 valence electrons. The average Bonchev–Trinajstić information content (AvgIpc) is 2.97. The van der Waals surface area contributed by atoms with Gasteiger partial charge in [0.25, 0.3) is 0 Å². The summed E-state index contributed by atoms with van der Waals surface area (Å²) in [4.78, 5) is 0. The third kappa shape index (κ3) is 3.61. The minimum Gasteiger partial charge on any atom is -0.497 e. The van der Waals surface area contributed by atoms with Crippen LogP contribution in [0, 0.1) is 5.92 Å².